The van der Waals surface area contributed by atoms with Crippen molar-refractivity contribution in [1.29, 1.82) is 0 Å². The minimum atomic E-state index is 0.639. The Morgan fingerprint density at radius 3 is 2.59 bits per heavy atom. The van der Waals surface area contributed by atoms with Crippen LogP contribution in [0.5, 0.6) is 0 Å². The molecule has 1 heterocycles. The molecule has 0 spiro atoms. The first-order chi connectivity index (χ1) is 8.08. The molecule has 4 heteroatoms. The highest BCUT2D eigenvalue weighted by molar-refractivity contribution is 9.09. The Morgan fingerprint density at radius 2 is 2.00 bits per heavy atom. The minimum absolute atomic E-state index is 0.639. The molecule has 2 atom stereocenters. The van der Waals surface area contributed by atoms with E-state index in [1.165, 1.54) is 6.42 Å². The fourth-order valence-electron chi connectivity index (χ4n) is 2.25. The SMILES string of the molecule is CC1CN(Cc2c(Cl)cccc2Cl)CCC1Br. The zero-order valence-corrected chi connectivity index (χ0v) is 12.9. The summed E-state index contributed by atoms with van der Waals surface area (Å²) in [6, 6.07) is 5.70. The first-order valence-electron chi connectivity index (χ1n) is 5.87. The molecule has 0 aromatic heterocycles. The molecule has 1 saturated heterocycles. The predicted octanol–water partition coefficient (Wildman–Crippen LogP) is 4.60. The molecule has 1 fully saturated rings. The summed E-state index contributed by atoms with van der Waals surface area (Å²) in [6.07, 6.45) is 1.18. The van der Waals surface area contributed by atoms with E-state index in [1.54, 1.807) is 0 Å². The van der Waals surface area contributed by atoms with E-state index in [-0.39, 0.29) is 0 Å². The molecule has 0 radical (unpaired) electrons. The van der Waals surface area contributed by atoms with E-state index < -0.39 is 0 Å². The first-order valence-corrected chi connectivity index (χ1v) is 7.54. The van der Waals surface area contributed by atoms with Gasteiger partial charge >= 0.3 is 0 Å². The summed E-state index contributed by atoms with van der Waals surface area (Å²) in [7, 11) is 0. The van der Waals surface area contributed by atoms with Crippen molar-refractivity contribution in [3.05, 3.63) is 33.8 Å². The fraction of sp³-hybridized carbons (Fsp3) is 0.538. The van der Waals surface area contributed by atoms with Gasteiger partial charge in [0.2, 0.25) is 0 Å². The van der Waals surface area contributed by atoms with Gasteiger partial charge in [0, 0.05) is 33.5 Å². The van der Waals surface area contributed by atoms with Crippen LogP contribution in [0.4, 0.5) is 0 Å². The molecule has 1 aromatic rings. The Kier molecular flexibility index (Phi) is 4.76. The Hall–Kier alpha value is 0.240. The van der Waals surface area contributed by atoms with Crippen LogP contribution >= 0.6 is 39.1 Å². The summed E-state index contributed by atoms with van der Waals surface area (Å²) >= 11 is 16.1. The van der Waals surface area contributed by atoms with Gasteiger partial charge in [-0.15, -0.1) is 0 Å². The van der Waals surface area contributed by atoms with Gasteiger partial charge in [0.05, 0.1) is 0 Å². The Morgan fingerprint density at radius 1 is 1.35 bits per heavy atom. The monoisotopic (exact) mass is 335 g/mol. The van der Waals surface area contributed by atoms with Crippen molar-refractivity contribution in [2.75, 3.05) is 13.1 Å². The lowest BCUT2D eigenvalue weighted by Crippen LogP contribution is -2.39. The first kappa shape index (κ1) is 13.7. The summed E-state index contributed by atoms with van der Waals surface area (Å²) < 4.78 is 0. The van der Waals surface area contributed by atoms with Crippen molar-refractivity contribution in [2.45, 2.75) is 24.7 Å². The van der Waals surface area contributed by atoms with Gasteiger partial charge in [-0.2, -0.15) is 0 Å². The summed E-state index contributed by atoms with van der Waals surface area (Å²) in [4.78, 5) is 3.07. The van der Waals surface area contributed by atoms with Crippen LogP contribution in [0.3, 0.4) is 0 Å². The number of hydrogen-bond acceptors (Lipinski definition) is 1. The third-order valence-electron chi connectivity index (χ3n) is 3.33. The lowest BCUT2D eigenvalue weighted by molar-refractivity contribution is 0.183. The molecule has 17 heavy (non-hydrogen) atoms. The van der Waals surface area contributed by atoms with E-state index in [0.717, 1.165) is 35.2 Å². The van der Waals surface area contributed by atoms with E-state index in [1.807, 2.05) is 18.2 Å². The van der Waals surface area contributed by atoms with Crippen LogP contribution in [-0.2, 0) is 6.54 Å². The highest BCUT2D eigenvalue weighted by Crippen LogP contribution is 2.29. The van der Waals surface area contributed by atoms with Crippen LogP contribution in [0, 0.1) is 5.92 Å². The molecule has 94 valence electrons. The average molecular weight is 337 g/mol. The molecule has 0 amide bonds. The number of halogens is 3. The van der Waals surface area contributed by atoms with E-state index in [2.05, 4.69) is 27.8 Å². The number of likely N-dealkylation sites (tertiary alicyclic amines) is 1. The maximum Gasteiger partial charge on any atom is 0.0465 e. The van der Waals surface area contributed by atoms with Crippen molar-refractivity contribution < 1.29 is 0 Å². The van der Waals surface area contributed by atoms with Gasteiger partial charge in [-0.25, -0.2) is 0 Å². The topological polar surface area (TPSA) is 3.24 Å². The standard InChI is InChI=1S/C13H16BrCl2N/c1-9-7-17(6-5-11(9)14)8-10-12(15)3-2-4-13(10)16/h2-4,9,11H,5-8H2,1H3. The highest BCUT2D eigenvalue weighted by atomic mass is 79.9. The van der Waals surface area contributed by atoms with Gasteiger partial charge in [0.25, 0.3) is 0 Å². The maximum atomic E-state index is 6.19. The van der Waals surface area contributed by atoms with Gasteiger partial charge in [-0.3, -0.25) is 4.90 Å². The van der Waals surface area contributed by atoms with Crippen LogP contribution in [0.15, 0.2) is 18.2 Å². The molecule has 0 N–H and O–H groups in total. The zero-order chi connectivity index (χ0) is 12.4. The van der Waals surface area contributed by atoms with Crippen LogP contribution < -0.4 is 0 Å². The van der Waals surface area contributed by atoms with Crippen molar-refractivity contribution in [3.8, 4) is 0 Å². The summed E-state index contributed by atoms with van der Waals surface area (Å²) in [5, 5.41) is 1.54. The Bertz CT molecular complexity index is 377. The molecule has 2 rings (SSSR count). The molecule has 1 aromatic carbocycles. The van der Waals surface area contributed by atoms with E-state index in [4.69, 9.17) is 23.2 Å². The van der Waals surface area contributed by atoms with Gasteiger partial charge in [0.1, 0.15) is 0 Å². The van der Waals surface area contributed by atoms with Crippen molar-refractivity contribution in [1.82, 2.24) is 4.90 Å². The number of hydrogen-bond donors (Lipinski definition) is 0. The van der Waals surface area contributed by atoms with Gasteiger partial charge < -0.3 is 0 Å². The van der Waals surface area contributed by atoms with E-state index >= 15 is 0 Å². The second kappa shape index (κ2) is 5.92. The summed E-state index contributed by atoms with van der Waals surface area (Å²) in [5.41, 5.74) is 1.05. The minimum Gasteiger partial charge on any atom is -0.299 e. The largest absolute Gasteiger partial charge is 0.299 e. The molecule has 0 bridgehead atoms. The summed E-state index contributed by atoms with van der Waals surface area (Å²) in [6.45, 7) is 5.32. The molecule has 0 aliphatic carbocycles. The van der Waals surface area contributed by atoms with Crippen LogP contribution in [-0.4, -0.2) is 22.8 Å². The smallest absolute Gasteiger partial charge is 0.0465 e. The van der Waals surface area contributed by atoms with Crippen molar-refractivity contribution in [2.24, 2.45) is 5.92 Å². The Balaban J connectivity index is 2.06. The fourth-order valence-corrected chi connectivity index (χ4v) is 3.14. The number of nitrogens with zero attached hydrogens (tertiary/aromatic N) is 1. The summed E-state index contributed by atoms with van der Waals surface area (Å²) in [5.74, 6) is 0.671. The lowest BCUT2D eigenvalue weighted by atomic mass is 9.99. The number of benzene rings is 1. The van der Waals surface area contributed by atoms with Crippen LogP contribution in [0.25, 0.3) is 0 Å². The lowest BCUT2D eigenvalue weighted by Gasteiger charge is -2.34. The molecule has 1 aliphatic rings. The second-order valence-corrected chi connectivity index (χ2v) is 6.71. The van der Waals surface area contributed by atoms with Crippen molar-refractivity contribution in [3.63, 3.8) is 0 Å². The molecular formula is C13H16BrCl2N. The normalized spacial score (nSPS) is 26.1. The third-order valence-corrected chi connectivity index (χ3v) is 5.40. The van der Waals surface area contributed by atoms with Gasteiger partial charge in [-0.1, -0.05) is 52.1 Å². The molecule has 1 nitrogen and oxygen atoms in total. The van der Waals surface area contributed by atoms with Crippen LogP contribution in [0.2, 0.25) is 10.0 Å². The van der Waals surface area contributed by atoms with Gasteiger partial charge in [0.15, 0.2) is 0 Å². The third kappa shape index (κ3) is 3.37. The van der Waals surface area contributed by atoms with Gasteiger partial charge in [-0.05, 0) is 31.0 Å². The number of rotatable bonds is 2. The predicted molar refractivity (Wildman–Crippen MR) is 78.2 cm³/mol. The molecule has 2 unspecified atom stereocenters. The van der Waals surface area contributed by atoms with Crippen LogP contribution in [0.1, 0.15) is 18.9 Å². The Labute approximate surface area is 121 Å². The van der Waals surface area contributed by atoms with Crippen molar-refractivity contribution >= 4 is 39.1 Å². The quantitative estimate of drug-likeness (QED) is 0.713. The average Bonchev–Trinajstić information content (AvgIpc) is 2.28. The zero-order valence-electron chi connectivity index (χ0n) is 9.80. The van der Waals surface area contributed by atoms with E-state index in [9.17, 15) is 0 Å². The highest BCUT2D eigenvalue weighted by Gasteiger charge is 2.24. The van der Waals surface area contributed by atoms with E-state index in [0.29, 0.717) is 10.7 Å². The number of piperidine rings is 1. The maximum absolute atomic E-state index is 6.19. The second-order valence-electron chi connectivity index (χ2n) is 4.72. The molecule has 0 saturated carbocycles. The number of alkyl halides is 1. The molecular weight excluding hydrogens is 321 g/mol. The molecule has 1 aliphatic heterocycles.